The summed E-state index contributed by atoms with van der Waals surface area (Å²) in [6.45, 7) is 1.79. The molecule has 6 heteroatoms. The number of hydrogen-bond acceptors (Lipinski definition) is 3. The highest BCUT2D eigenvalue weighted by Gasteiger charge is 2.09. The van der Waals surface area contributed by atoms with E-state index in [1.807, 2.05) is 42.5 Å². The zero-order valence-electron chi connectivity index (χ0n) is 15.9. The van der Waals surface area contributed by atoms with E-state index in [-0.39, 0.29) is 16.9 Å². The number of hydrogen-bond donors (Lipinski definition) is 3. The van der Waals surface area contributed by atoms with E-state index in [0.29, 0.717) is 23.4 Å². The second-order valence-electron chi connectivity index (χ2n) is 6.33. The molecule has 3 rings (SSSR count). The second-order valence-corrected chi connectivity index (χ2v) is 6.74. The van der Waals surface area contributed by atoms with Crippen molar-refractivity contribution >= 4 is 40.5 Å². The monoisotopic (exact) mass is 403 g/mol. The third-order valence-electron chi connectivity index (χ3n) is 4.21. The van der Waals surface area contributed by atoms with Gasteiger partial charge in [0.2, 0.25) is 5.91 Å². The number of rotatable bonds is 5. The van der Waals surface area contributed by atoms with Gasteiger partial charge >= 0.3 is 0 Å². The van der Waals surface area contributed by atoms with E-state index < -0.39 is 0 Å². The van der Waals surface area contributed by atoms with E-state index in [2.05, 4.69) is 16.0 Å². The number of thiocarbonyl (C=S) groups is 1. The third-order valence-corrected chi connectivity index (χ3v) is 4.41. The van der Waals surface area contributed by atoms with Gasteiger partial charge in [-0.05, 0) is 53.7 Å². The first kappa shape index (κ1) is 20.2. The first-order chi connectivity index (χ1) is 14.0. The van der Waals surface area contributed by atoms with Crippen LogP contribution in [0, 0.1) is 0 Å². The summed E-state index contributed by atoms with van der Waals surface area (Å²) in [5.74, 6) is -0.366. The van der Waals surface area contributed by atoms with Gasteiger partial charge in [0.15, 0.2) is 5.11 Å². The molecule has 0 radical (unpaired) electrons. The Hall–Kier alpha value is -3.51. The SMILES string of the molecule is CCC(=O)Nc1cccc(NC(=S)NC(=O)c2ccc(-c3ccccc3)cc2)c1. The highest BCUT2D eigenvalue weighted by atomic mass is 32.1. The fourth-order valence-corrected chi connectivity index (χ4v) is 2.92. The Morgan fingerprint density at radius 3 is 2.07 bits per heavy atom. The van der Waals surface area contributed by atoms with E-state index in [9.17, 15) is 9.59 Å². The summed E-state index contributed by atoms with van der Waals surface area (Å²) < 4.78 is 0. The molecule has 0 aliphatic carbocycles. The molecule has 29 heavy (non-hydrogen) atoms. The largest absolute Gasteiger partial charge is 0.332 e. The lowest BCUT2D eigenvalue weighted by atomic mass is 10.0. The predicted molar refractivity (Wildman–Crippen MR) is 121 cm³/mol. The number of amides is 2. The fourth-order valence-electron chi connectivity index (χ4n) is 2.71. The predicted octanol–water partition coefficient (Wildman–Crippen LogP) is 4.83. The van der Waals surface area contributed by atoms with Gasteiger partial charge in [0, 0.05) is 23.4 Å². The molecule has 0 spiro atoms. The van der Waals surface area contributed by atoms with Gasteiger partial charge in [-0.2, -0.15) is 0 Å². The normalized spacial score (nSPS) is 10.1. The molecule has 0 aromatic heterocycles. The number of nitrogens with one attached hydrogen (secondary N) is 3. The minimum atomic E-state index is -0.294. The van der Waals surface area contributed by atoms with Gasteiger partial charge in [-0.3, -0.25) is 14.9 Å². The Kier molecular flexibility index (Phi) is 6.71. The quantitative estimate of drug-likeness (QED) is 0.534. The van der Waals surface area contributed by atoms with E-state index in [1.54, 1.807) is 43.3 Å². The Balaban J connectivity index is 1.60. The summed E-state index contributed by atoms with van der Waals surface area (Å²) in [7, 11) is 0. The Morgan fingerprint density at radius 2 is 1.41 bits per heavy atom. The smallest absolute Gasteiger partial charge is 0.257 e. The summed E-state index contributed by atoms with van der Waals surface area (Å²) in [4.78, 5) is 24.0. The van der Waals surface area contributed by atoms with Crippen molar-refractivity contribution in [3.63, 3.8) is 0 Å². The lowest BCUT2D eigenvalue weighted by Gasteiger charge is -2.11. The van der Waals surface area contributed by atoms with E-state index in [1.165, 1.54) is 0 Å². The maximum atomic E-state index is 12.4. The molecule has 3 aromatic carbocycles. The first-order valence-electron chi connectivity index (χ1n) is 9.23. The first-order valence-corrected chi connectivity index (χ1v) is 9.63. The summed E-state index contributed by atoms with van der Waals surface area (Å²) >= 11 is 5.24. The van der Waals surface area contributed by atoms with Gasteiger partial charge in [-0.25, -0.2) is 0 Å². The number of benzene rings is 3. The van der Waals surface area contributed by atoms with E-state index in [0.717, 1.165) is 11.1 Å². The molecule has 0 unspecified atom stereocenters. The maximum absolute atomic E-state index is 12.4. The molecular formula is C23H21N3O2S. The van der Waals surface area contributed by atoms with Crippen LogP contribution in [0.4, 0.5) is 11.4 Å². The molecule has 3 aromatic rings. The summed E-state index contributed by atoms with van der Waals surface area (Å²) in [5.41, 5.74) is 3.97. The van der Waals surface area contributed by atoms with Crippen LogP contribution in [0.5, 0.6) is 0 Å². The zero-order valence-corrected chi connectivity index (χ0v) is 16.8. The molecule has 0 bridgehead atoms. The molecule has 2 amide bonds. The van der Waals surface area contributed by atoms with Crippen LogP contribution in [0.15, 0.2) is 78.9 Å². The topological polar surface area (TPSA) is 70.2 Å². The summed E-state index contributed by atoms with van der Waals surface area (Å²) in [5, 5.41) is 8.59. The third kappa shape index (κ3) is 5.73. The Morgan fingerprint density at radius 1 is 0.793 bits per heavy atom. The van der Waals surface area contributed by atoms with Crippen LogP contribution in [0.2, 0.25) is 0 Å². The van der Waals surface area contributed by atoms with Gasteiger partial charge < -0.3 is 10.6 Å². The van der Waals surface area contributed by atoms with Crippen molar-refractivity contribution in [2.75, 3.05) is 10.6 Å². The van der Waals surface area contributed by atoms with Crippen LogP contribution >= 0.6 is 12.2 Å². The van der Waals surface area contributed by atoms with Crippen molar-refractivity contribution in [3.05, 3.63) is 84.4 Å². The maximum Gasteiger partial charge on any atom is 0.257 e. The van der Waals surface area contributed by atoms with E-state index >= 15 is 0 Å². The standard InChI is InChI=1S/C23H21N3O2S/c1-2-21(27)24-19-9-6-10-20(15-19)25-23(29)26-22(28)18-13-11-17(12-14-18)16-7-4-3-5-8-16/h3-15H,2H2,1H3,(H,24,27)(H2,25,26,28,29). The minimum Gasteiger partial charge on any atom is -0.332 e. The average molecular weight is 404 g/mol. The molecule has 3 N–H and O–H groups in total. The number of anilines is 2. The summed E-state index contributed by atoms with van der Waals surface area (Å²) in [6.07, 6.45) is 0.398. The van der Waals surface area contributed by atoms with Gasteiger partial charge in [0.25, 0.3) is 5.91 Å². The van der Waals surface area contributed by atoms with Crippen LogP contribution in [-0.2, 0) is 4.79 Å². The van der Waals surface area contributed by atoms with Crippen LogP contribution in [-0.4, -0.2) is 16.9 Å². The van der Waals surface area contributed by atoms with Crippen molar-refractivity contribution in [3.8, 4) is 11.1 Å². The lowest BCUT2D eigenvalue weighted by Crippen LogP contribution is -2.34. The van der Waals surface area contributed by atoms with Crippen molar-refractivity contribution in [1.29, 1.82) is 0 Å². The van der Waals surface area contributed by atoms with E-state index in [4.69, 9.17) is 12.2 Å². The average Bonchev–Trinajstić information content (AvgIpc) is 2.74. The summed E-state index contributed by atoms with van der Waals surface area (Å²) in [6, 6.07) is 24.4. The molecule has 146 valence electrons. The highest BCUT2D eigenvalue weighted by molar-refractivity contribution is 7.80. The van der Waals surface area contributed by atoms with Gasteiger partial charge in [0.1, 0.15) is 0 Å². The number of carbonyl (C=O) groups is 2. The Labute approximate surface area is 175 Å². The van der Waals surface area contributed by atoms with Crippen LogP contribution < -0.4 is 16.0 Å². The molecule has 0 atom stereocenters. The zero-order chi connectivity index (χ0) is 20.6. The molecule has 0 saturated heterocycles. The molecule has 0 saturated carbocycles. The fraction of sp³-hybridized carbons (Fsp3) is 0.0870. The van der Waals surface area contributed by atoms with Crippen LogP contribution in [0.25, 0.3) is 11.1 Å². The molecule has 0 fully saturated rings. The van der Waals surface area contributed by atoms with Crippen molar-refractivity contribution in [2.45, 2.75) is 13.3 Å². The van der Waals surface area contributed by atoms with Crippen molar-refractivity contribution in [1.82, 2.24) is 5.32 Å². The van der Waals surface area contributed by atoms with Crippen molar-refractivity contribution < 1.29 is 9.59 Å². The number of carbonyl (C=O) groups excluding carboxylic acids is 2. The molecule has 5 nitrogen and oxygen atoms in total. The van der Waals surface area contributed by atoms with Gasteiger partial charge in [0.05, 0.1) is 0 Å². The molecule has 0 aliphatic heterocycles. The van der Waals surface area contributed by atoms with Gasteiger partial charge in [-0.1, -0.05) is 55.5 Å². The molecule has 0 heterocycles. The van der Waals surface area contributed by atoms with Crippen LogP contribution in [0.3, 0.4) is 0 Å². The molecule has 0 aliphatic rings. The van der Waals surface area contributed by atoms with Crippen LogP contribution in [0.1, 0.15) is 23.7 Å². The van der Waals surface area contributed by atoms with Crippen molar-refractivity contribution in [2.24, 2.45) is 0 Å². The Bertz CT molecular complexity index is 1020. The lowest BCUT2D eigenvalue weighted by molar-refractivity contribution is -0.115. The molecular weight excluding hydrogens is 382 g/mol. The highest BCUT2D eigenvalue weighted by Crippen LogP contribution is 2.19. The minimum absolute atomic E-state index is 0.0722. The van der Waals surface area contributed by atoms with Gasteiger partial charge in [-0.15, -0.1) is 0 Å². The second kappa shape index (κ2) is 9.61.